The Morgan fingerprint density at radius 3 is 1.28 bits per heavy atom. The molecule has 2 aliphatic carbocycles. The van der Waals surface area contributed by atoms with E-state index in [0.717, 1.165) is 84.4 Å². The largest absolute Gasteiger partial charge is 0.416 e. The van der Waals surface area contributed by atoms with Gasteiger partial charge < -0.3 is 5.11 Å². The molecule has 0 atom stereocenters. The number of aliphatic hydroxyl groups excluding tert-OH is 1. The predicted octanol–water partition coefficient (Wildman–Crippen LogP) is 14.9. The molecule has 10 heteroatoms. The first kappa shape index (κ1) is 44.4. The minimum absolute atomic E-state index is 0. The SMILES string of the molecule is C.C.CC1(C)CCC=C1c1cc(CCl)ccc1-c1cc(C(F)(F)F)ccc1F.CC1(C)CCC=C1c1cc(CO)ccc1-c1cc(C(F)(F)F)ccc1F. The van der Waals surface area contributed by atoms with E-state index < -0.39 is 35.1 Å². The molecule has 0 unspecified atom stereocenters. The Hall–Kier alpha value is -3.95. The van der Waals surface area contributed by atoms with Crippen molar-refractivity contribution in [2.24, 2.45) is 10.8 Å². The summed E-state index contributed by atoms with van der Waals surface area (Å²) >= 11 is 5.95. The van der Waals surface area contributed by atoms with Gasteiger partial charge in [0.15, 0.2) is 0 Å². The quantitative estimate of drug-likeness (QED) is 0.153. The number of allylic oxidation sites excluding steroid dienone is 4. The summed E-state index contributed by atoms with van der Waals surface area (Å²) in [7, 11) is 0. The van der Waals surface area contributed by atoms with Crippen LogP contribution in [-0.4, -0.2) is 5.11 Å². The molecule has 0 heterocycles. The van der Waals surface area contributed by atoms with Crippen LogP contribution in [0.1, 0.15) is 102 Å². The number of aliphatic hydroxyl groups is 1. The minimum Gasteiger partial charge on any atom is -0.392 e. The maximum atomic E-state index is 14.5. The summed E-state index contributed by atoms with van der Waals surface area (Å²) in [6.45, 7) is 8.11. The van der Waals surface area contributed by atoms with Crippen LogP contribution in [0.3, 0.4) is 0 Å². The standard InChI is InChI=1S/C21H19ClF4.C21H20F4O.2CH4/c1-20(2)9-3-4-18(20)16-10-13(12-22)5-7-15(16)17-11-14(21(24,25)26)6-8-19(17)23;1-20(2)9-3-4-18(20)16-10-13(12-26)5-7-15(16)17-11-14(21(23,24)25)6-8-19(17)22;;/h4-8,10-11H,3,9,12H2,1-2H3;4-8,10-11,26H,3,9,12H2,1-2H3;2*1H4. The van der Waals surface area contributed by atoms with Crippen LogP contribution in [0.4, 0.5) is 35.1 Å². The summed E-state index contributed by atoms with van der Waals surface area (Å²) in [4.78, 5) is 0. The summed E-state index contributed by atoms with van der Waals surface area (Å²) in [5, 5.41) is 9.46. The third-order valence-corrected chi connectivity index (χ3v) is 10.3. The molecular formula is C44H47ClF8O. The molecule has 292 valence electrons. The fraction of sp³-hybridized carbons (Fsp3) is 0.364. The molecule has 4 aromatic rings. The van der Waals surface area contributed by atoms with E-state index in [2.05, 4.69) is 33.8 Å². The Bertz CT molecular complexity index is 1870. The van der Waals surface area contributed by atoms with E-state index in [0.29, 0.717) is 22.3 Å². The van der Waals surface area contributed by atoms with Crippen LogP contribution in [0.5, 0.6) is 0 Å². The Kier molecular flexibility index (Phi) is 13.8. The van der Waals surface area contributed by atoms with Crippen molar-refractivity contribution in [2.45, 2.75) is 93.1 Å². The summed E-state index contributed by atoms with van der Waals surface area (Å²) < 4.78 is 108. The Morgan fingerprint density at radius 2 is 0.944 bits per heavy atom. The van der Waals surface area contributed by atoms with Crippen LogP contribution >= 0.6 is 11.6 Å². The van der Waals surface area contributed by atoms with Crippen molar-refractivity contribution < 1.29 is 40.2 Å². The highest BCUT2D eigenvalue weighted by Crippen LogP contribution is 2.49. The monoisotopic (exact) mass is 778 g/mol. The second-order valence-corrected chi connectivity index (χ2v) is 14.8. The normalized spacial score (nSPS) is 16.0. The van der Waals surface area contributed by atoms with E-state index in [9.17, 15) is 40.2 Å². The molecule has 0 radical (unpaired) electrons. The molecular weight excluding hydrogens is 732 g/mol. The molecule has 54 heavy (non-hydrogen) atoms. The van der Waals surface area contributed by atoms with Crippen molar-refractivity contribution in [1.29, 1.82) is 0 Å². The highest BCUT2D eigenvalue weighted by atomic mass is 35.5. The van der Waals surface area contributed by atoms with E-state index in [1.54, 1.807) is 30.3 Å². The van der Waals surface area contributed by atoms with E-state index >= 15 is 0 Å². The van der Waals surface area contributed by atoms with E-state index in [1.165, 1.54) is 0 Å². The van der Waals surface area contributed by atoms with Crippen molar-refractivity contribution in [3.63, 3.8) is 0 Å². The zero-order chi connectivity index (χ0) is 38.2. The van der Waals surface area contributed by atoms with Gasteiger partial charge >= 0.3 is 12.4 Å². The molecule has 1 nitrogen and oxygen atoms in total. The molecule has 0 bridgehead atoms. The van der Waals surface area contributed by atoms with Crippen LogP contribution in [0, 0.1) is 22.5 Å². The Balaban J connectivity index is 0.000000280. The first-order chi connectivity index (χ1) is 24.3. The van der Waals surface area contributed by atoms with Crippen molar-refractivity contribution in [1.82, 2.24) is 0 Å². The van der Waals surface area contributed by atoms with Crippen LogP contribution < -0.4 is 0 Å². The number of rotatable bonds is 6. The fourth-order valence-corrected chi connectivity index (χ4v) is 7.19. The third kappa shape index (κ3) is 9.46. The predicted molar refractivity (Wildman–Crippen MR) is 205 cm³/mol. The third-order valence-electron chi connectivity index (χ3n) is 9.95. The molecule has 0 spiro atoms. The van der Waals surface area contributed by atoms with Gasteiger partial charge in [0.05, 0.1) is 17.7 Å². The maximum Gasteiger partial charge on any atom is 0.416 e. The second-order valence-electron chi connectivity index (χ2n) is 14.5. The van der Waals surface area contributed by atoms with Gasteiger partial charge in [0, 0.05) is 17.0 Å². The van der Waals surface area contributed by atoms with E-state index in [-0.39, 0.29) is 49.3 Å². The average Bonchev–Trinajstić information content (AvgIpc) is 3.63. The number of hydrogen-bond donors (Lipinski definition) is 1. The van der Waals surface area contributed by atoms with Gasteiger partial charge in [0.2, 0.25) is 0 Å². The number of alkyl halides is 7. The molecule has 0 amide bonds. The van der Waals surface area contributed by atoms with Crippen molar-refractivity contribution in [3.05, 3.63) is 130 Å². The molecule has 6 rings (SSSR count). The Labute approximate surface area is 318 Å². The summed E-state index contributed by atoms with van der Waals surface area (Å²) in [6, 6.07) is 15.2. The van der Waals surface area contributed by atoms with Crippen molar-refractivity contribution in [2.75, 3.05) is 0 Å². The first-order valence-electron chi connectivity index (χ1n) is 16.9. The van der Waals surface area contributed by atoms with Crippen LogP contribution in [-0.2, 0) is 24.8 Å². The molecule has 0 saturated heterocycles. The lowest BCUT2D eigenvalue weighted by molar-refractivity contribution is -0.138. The zero-order valence-electron chi connectivity index (χ0n) is 29.2. The minimum atomic E-state index is -4.54. The highest BCUT2D eigenvalue weighted by Gasteiger charge is 2.35. The molecule has 0 aliphatic heterocycles. The van der Waals surface area contributed by atoms with Crippen LogP contribution in [0.15, 0.2) is 84.9 Å². The van der Waals surface area contributed by atoms with E-state index in [4.69, 9.17) is 11.6 Å². The lowest BCUT2D eigenvalue weighted by atomic mass is 9.79. The smallest absolute Gasteiger partial charge is 0.392 e. The second kappa shape index (κ2) is 16.8. The number of benzene rings is 4. The molecule has 0 saturated carbocycles. The molecule has 2 aliphatic rings. The molecule has 0 aromatic heterocycles. The summed E-state index contributed by atoms with van der Waals surface area (Å²) in [5.41, 5.74) is 3.63. The lowest BCUT2D eigenvalue weighted by Gasteiger charge is -2.25. The van der Waals surface area contributed by atoms with Crippen molar-refractivity contribution >= 4 is 22.7 Å². The lowest BCUT2D eigenvalue weighted by Crippen LogP contribution is -2.11. The van der Waals surface area contributed by atoms with Gasteiger partial charge in [-0.05, 0) is 130 Å². The molecule has 1 N–H and O–H groups in total. The van der Waals surface area contributed by atoms with Gasteiger partial charge in [-0.25, -0.2) is 8.78 Å². The van der Waals surface area contributed by atoms with Gasteiger partial charge in [-0.3, -0.25) is 0 Å². The average molecular weight is 779 g/mol. The fourth-order valence-electron chi connectivity index (χ4n) is 7.02. The molecule has 0 fully saturated rings. The zero-order valence-corrected chi connectivity index (χ0v) is 29.9. The maximum absolute atomic E-state index is 14.5. The van der Waals surface area contributed by atoms with Gasteiger partial charge in [0.1, 0.15) is 11.6 Å². The van der Waals surface area contributed by atoms with E-state index in [1.807, 2.05) is 12.1 Å². The van der Waals surface area contributed by atoms with Crippen LogP contribution in [0.25, 0.3) is 33.4 Å². The summed E-state index contributed by atoms with van der Waals surface area (Å²) in [5.74, 6) is -1.09. The van der Waals surface area contributed by atoms with Gasteiger partial charge in [-0.1, -0.05) is 79.0 Å². The summed E-state index contributed by atoms with van der Waals surface area (Å²) in [6.07, 6.45) is -1.33. The van der Waals surface area contributed by atoms with Crippen LogP contribution in [0.2, 0.25) is 0 Å². The molecule has 4 aromatic carbocycles. The van der Waals surface area contributed by atoms with Gasteiger partial charge in [-0.2, -0.15) is 26.3 Å². The Morgan fingerprint density at radius 1 is 0.556 bits per heavy atom. The van der Waals surface area contributed by atoms with Gasteiger partial charge in [0.25, 0.3) is 0 Å². The first-order valence-corrected chi connectivity index (χ1v) is 17.4. The highest BCUT2D eigenvalue weighted by molar-refractivity contribution is 6.17. The number of hydrogen-bond acceptors (Lipinski definition) is 1. The van der Waals surface area contributed by atoms with Crippen molar-refractivity contribution in [3.8, 4) is 22.3 Å². The number of halogens is 9. The van der Waals surface area contributed by atoms with Gasteiger partial charge in [-0.15, -0.1) is 11.6 Å². The topological polar surface area (TPSA) is 20.2 Å².